The van der Waals surface area contributed by atoms with Gasteiger partial charge in [-0.2, -0.15) is 0 Å². The third kappa shape index (κ3) is 11.7. The standard InChI is InChI=1S/C16H31N/c1-6-7-8-9-10-11-12-17(13-15(2)3)14-16(4)5/h6,10-11,15-16H,1,7-9,12-14H2,2-5H3. The first-order valence-electron chi connectivity index (χ1n) is 7.04. The lowest BCUT2D eigenvalue weighted by molar-refractivity contribution is 0.241. The summed E-state index contributed by atoms with van der Waals surface area (Å²) in [5.41, 5.74) is 0. The van der Waals surface area contributed by atoms with Crippen molar-refractivity contribution in [1.82, 2.24) is 4.90 Å². The van der Waals surface area contributed by atoms with Crippen LogP contribution in [0.2, 0.25) is 0 Å². The highest BCUT2D eigenvalue weighted by molar-refractivity contribution is 4.86. The predicted octanol–water partition coefficient (Wildman–Crippen LogP) is 4.51. The number of hydrogen-bond acceptors (Lipinski definition) is 1. The minimum absolute atomic E-state index is 0.753. The van der Waals surface area contributed by atoms with Crippen LogP contribution in [0.5, 0.6) is 0 Å². The van der Waals surface area contributed by atoms with Gasteiger partial charge in [-0.15, -0.1) is 6.58 Å². The van der Waals surface area contributed by atoms with Crippen LogP contribution in [0.4, 0.5) is 0 Å². The lowest BCUT2D eigenvalue weighted by atomic mass is 10.1. The molecule has 0 aromatic heterocycles. The monoisotopic (exact) mass is 237 g/mol. The minimum atomic E-state index is 0.753. The van der Waals surface area contributed by atoms with E-state index < -0.39 is 0 Å². The smallest absolute Gasteiger partial charge is 0.0163 e. The van der Waals surface area contributed by atoms with Crippen molar-refractivity contribution in [2.24, 2.45) is 11.8 Å². The van der Waals surface area contributed by atoms with Gasteiger partial charge in [0.2, 0.25) is 0 Å². The summed E-state index contributed by atoms with van der Waals surface area (Å²) in [6, 6.07) is 0. The second-order valence-electron chi connectivity index (χ2n) is 5.70. The first-order valence-corrected chi connectivity index (χ1v) is 7.04. The number of allylic oxidation sites excluding steroid dienone is 2. The van der Waals surface area contributed by atoms with Gasteiger partial charge in [0.25, 0.3) is 0 Å². The molecule has 0 heterocycles. The summed E-state index contributed by atoms with van der Waals surface area (Å²) in [4.78, 5) is 2.55. The Morgan fingerprint density at radius 3 is 2.00 bits per heavy atom. The summed E-state index contributed by atoms with van der Waals surface area (Å²) in [6.07, 6.45) is 10.2. The van der Waals surface area contributed by atoms with Gasteiger partial charge in [0.1, 0.15) is 0 Å². The van der Waals surface area contributed by atoms with Crippen LogP contribution in [0, 0.1) is 11.8 Å². The molecular weight excluding hydrogens is 206 g/mol. The Kier molecular flexibility index (Phi) is 10.2. The molecule has 0 aliphatic heterocycles. The average Bonchev–Trinajstić information content (AvgIpc) is 2.21. The quantitative estimate of drug-likeness (QED) is 0.399. The van der Waals surface area contributed by atoms with Crippen molar-refractivity contribution in [3.05, 3.63) is 24.8 Å². The molecule has 1 nitrogen and oxygen atoms in total. The molecule has 0 unspecified atom stereocenters. The summed E-state index contributed by atoms with van der Waals surface area (Å²) >= 11 is 0. The Bertz CT molecular complexity index is 194. The molecule has 100 valence electrons. The molecule has 0 fully saturated rings. The molecule has 0 spiro atoms. The van der Waals surface area contributed by atoms with Gasteiger partial charge in [-0.3, -0.25) is 4.90 Å². The van der Waals surface area contributed by atoms with Gasteiger partial charge in [-0.25, -0.2) is 0 Å². The molecule has 0 rings (SSSR count). The van der Waals surface area contributed by atoms with Crippen LogP contribution in [0.25, 0.3) is 0 Å². The van der Waals surface area contributed by atoms with Crippen molar-refractivity contribution in [2.45, 2.75) is 47.0 Å². The van der Waals surface area contributed by atoms with Gasteiger partial charge in [-0.1, -0.05) is 45.9 Å². The van der Waals surface area contributed by atoms with Crippen LogP contribution in [0.15, 0.2) is 24.8 Å². The second kappa shape index (κ2) is 10.6. The van der Waals surface area contributed by atoms with Crippen LogP contribution in [0.3, 0.4) is 0 Å². The number of hydrogen-bond donors (Lipinski definition) is 0. The van der Waals surface area contributed by atoms with E-state index >= 15 is 0 Å². The molecule has 0 aliphatic rings. The summed E-state index contributed by atoms with van der Waals surface area (Å²) < 4.78 is 0. The lowest BCUT2D eigenvalue weighted by Gasteiger charge is -2.24. The van der Waals surface area contributed by atoms with Crippen molar-refractivity contribution in [3.8, 4) is 0 Å². The molecule has 0 atom stereocenters. The number of rotatable bonds is 10. The fraction of sp³-hybridized carbons (Fsp3) is 0.750. The van der Waals surface area contributed by atoms with Gasteiger partial charge in [0.15, 0.2) is 0 Å². The lowest BCUT2D eigenvalue weighted by Crippen LogP contribution is -2.31. The van der Waals surface area contributed by atoms with Crippen molar-refractivity contribution in [1.29, 1.82) is 0 Å². The Morgan fingerprint density at radius 2 is 1.53 bits per heavy atom. The molecular formula is C16H31N. The van der Waals surface area contributed by atoms with E-state index in [9.17, 15) is 0 Å². The molecule has 0 saturated carbocycles. The SMILES string of the molecule is C=CCCCC=CCN(CC(C)C)CC(C)C. The first-order chi connectivity index (χ1) is 8.06. The van der Waals surface area contributed by atoms with Crippen LogP contribution in [0.1, 0.15) is 47.0 Å². The van der Waals surface area contributed by atoms with E-state index in [1.807, 2.05) is 6.08 Å². The molecule has 17 heavy (non-hydrogen) atoms. The Labute approximate surface area is 109 Å². The molecule has 0 aliphatic carbocycles. The third-order valence-corrected chi connectivity index (χ3v) is 2.56. The molecule has 0 N–H and O–H groups in total. The molecule has 0 aromatic rings. The maximum Gasteiger partial charge on any atom is 0.0163 e. The Hall–Kier alpha value is -0.560. The maximum atomic E-state index is 3.74. The van der Waals surface area contributed by atoms with E-state index in [1.165, 1.54) is 25.9 Å². The maximum absolute atomic E-state index is 3.74. The Morgan fingerprint density at radius 1 is 0.941 bits per heavy atom. The largest absolute Gasteiger partial charge is 0.299 e. The highest BCUT2D eigenvalue weighted by Crippen LogP contribution is 2.04. The topological polar surface area (TPSA) is 3.24 Å². The van der Waals surface area contributed by atoms with Gasteiger partial charge < -0.3 is 0 Å². The predicted molar refractivity (Wildman–Crippen MR) is 79.3 cm³/mol. The van der Waals surface area contributed by atoms with Gasteiger partial charge in [-0.05, 0) is 31.1 Å². The molecule has 0 bridgehead atoms. The van der Waals surface area contributed by atoms with Crippen LogP contribution < -0.4 is 0 Å². The summed E-state index contributed by atoms with van der Waals surface area (Å²) in [7, 11) is 0. The van der Waals surface area contributed by atoms with Crippen molar-refractivity contribution < 1.29 is 0 Å². The average molecular weight is 237 g/mol. The molecule has 0 amide bonds. The van der Waals surface area contributed by atoms with Crippen molar-refractivity contribution in [3.63, 3.8) is 0 Å². The number of unbranched alkanes of at least 4 members (excludes halogenated alkanes) is 2. The minimum Gasteiger partial charge on any atom is -0.299 e. The van der Waals surface area contributed by atoms with Gasteiger partial charge in [0.05, 0.1) is 0 Å². The third-order valence-electron chi connectivity index (χ3n) is 2.56. The summed E-state index contributed by atoms with van der Waals surface area (Å²) in [5, 5.41) is 0. The summed E-state index contributed by atoms with van der Waals surface area (Å²) in [6.45, 7) is 16.4. The van der Waals surface area contributed by atoms with Crippen molar-refractivity contribution in [2.75, 3.05) is 19.6 Å². The van der Waals surface area contributed by atoms with Crippen LogP contribution in [-0.2, 0) is 0 Å². The normalized spacial score (nSPS) is 12.2. The highest BCUT2D eigenvalue weighted by Gasteiger charge is 2.07. The van der Waals surface area contributed by atoms with Crippen LogP contribution in [-0.4, -0.2) is 24.5 Å². The zero-order chi connectivity index (χ0) is 13.1. The van der Waals surface area contributed by atoms with E-state index in [1.54, 1.807) is 0 Å². The zero-order valence-electron chi connectivity index (χ0n) is 12.3. The fourth-order valence-electron chi connectivity index (χ4n) is 1.98. The zero-order valence-corrected chi connectivity index (χ0v) is 12.3. The van der Waals surface area contributed by atoms with E-state index in [-0.39, 0.29) is 0 Å². The highest BCUT2D eigenvalue weighted by atomic mass is 15.1. The first kappa shape index (κ1) is 16.4. The second-order valence-corrected chi connectivity index (χ2v) is 5.70. The molecule has 0 aromatic carbocycles. The molecule has 0 saturated heterocycles. The Balaban J connectivity index is 3.84. The van der Waals surface area contributed by atoms with Gasteiger partial charge >= 0.3 is 0 Å². The fourth-order valence-corrected chi connectivity index (χ4v) is 1.98. The summed E-state index contributed by atoms with van der Waals surface area (Å²) in [5.74, 6) is 1.51. The molecule has 0 radical (unpaired) electrons. The number of nitrogens with zero attached hydrogens (tertiary/aromatic N) is 1. The van der Waals surface area contributed by atoms with E-state index in [0.29, 0.717) is 0 Å². The van der Waals surface area contributed by atoms with E-state index in [4.69, 9.17) is 0 Å². The molecule has 1 heteroatoms. The van der Waals surface area contributed by atoms with Crippen LogP contribution >= 0.6 is 0 Å². The van der Waals surface area contributed by atoms with Crippen molar-refractivity contribution >= 4 is 0 Å². The van der Waals surface area contributed by atoms with E-state index in [2.05, 4.69) is 51.3 Å². The van der Waals surface area contributed by atoms with Gasteiger partial charge in [0, 0.05) is 19.6 Å². The van der Waals surface area contributed by atoms with E-state index in [0.717, 1.165) is 24.8 Å².